The van der Waals surface area contributed by atoms with Crippen LogP contribution in [0.3, 0.4) is 0 Å². The van der Waals surface area contributed by atoms with Crippen LogP contribution in [0.15, 0.2) is 22.7 Å². The van der Waals surface area contributed by atoms with E-state index in [1.54, 1.807) is 12.1 Å². The van der Waals surface area contributed by atoms with Crippen molar-refractivity contribution in [2.45, 2.75) is 18.6 Å². The van der Waals surface area contributed by atoms with Crippen molar-refractivity contribution in [2.24, 2.45) is 11.7 Å². The Morgan fingerprint density at radius 2 is 2.35 bits per heavy atom. The van der Waals surface area contributed by atoms with Crippen LogP contribution < -0.4 is 5.73 Å². The largest absolute Gasteiger partial charge is 0.396 e. The molecule has 0 aromatic heterocycles. The summed E-state index contributed by atoms with van der Waals surface area (Å²) >= 11 is 3.30. The second-order valence-corrected chi connectivity index (χ2v) is 5.39. The third kappa shape index (κ3) is 2.12. The van der Waals surface area contributed by atoms with E-state index < -0.39 is 5.54 Å². The molecular formula is C12H15BrFNO2. The lowest BCUT2D eigenvalue weighted by Crippen LogP contribution is -2.47. The highest BCUT2D eigenvalue weighted by atomic mass is 79.9. The third-order valence-corrected chi connectivity index (χ3v) is 3.93. The zero-order valence-corrected chi connectivity index (χ0v) is 11.1. The van der Waals surface area contributed by atoms with Gasteiger partial charge in [0.25, 0.3) is 0 Å². The second-order valence-electron chi connectivity index (χ2n) is 4.47. The molecule has 5 heteroatoms. The first kappa shape index (κ1) is 13.0. The minimum Gasteiger partial charge on any atom is -0.396 e. The molecular weight excluding hydrogens is 289 g/mol. The van der Waals surface area contributed by atoms with Gasteiger partial charge in [-0.05, 0) is 25.1 Å². The Morgan fingerprint density at radius 1 is 1.65 bits per heavy atom. The van der Waals surface area contributed by atoms with Gasteiger partial charge in [0, 0.05) is 16.0 Å². The van der Waals surface area contributed by atoms with Crippen molar-refractivity contribution in [1.29, 1.82) is 0 Å². The Kier molecular flexibility index (Phi) is 3.54. The molecule has 94 valence electrons. The molecule has 1 aromatic rings. The van der Waals surface area contributed by atoms with Gasteiger partial charge < -0.3 is 15.6 Å². The first-order valence-electron chi connectivity index (χ1n) is 5.46. The molecule has 17 heavy (non-hydrogen) atoms. The molecule has 0 amide bonds. The molecule has 1 saturated heterocycles. The van der Waals surface area contributed by atoms with Crippen molar-refractivity contribution in [3.8, 4) is 0 Å². The topological polar surface area (TPSA) is 55.5 Å². The van der Waals surface area contributed by atoms with Crippen LogP contribution in [-0.2, 0) is 10.3 Å². The maximum atomic E-state index is 13.9. The molecule has 3 atom stereocenters. The van der Waals surface area contributed by atoms with Gasteiger partial charge in [-0.3, -0.25) is 0 Å². The Labute approximate surface area is 108 Å². The van der Waals surface area contributed by atoms with Gasteiger partial charge in [-0.1, -0.05) is 15.9 Å². The first-order valence-corrected chi connectivity index (χ1v) is 6.25. The van der Waals surface area contributed by atoms with Gasteiger partial charge in [0.1, 0.15) is 5.82 Å². The van der Waals surface area contributed by atoms with Crippen LogP contribution in [0.25, 0.3) is 0 Å². The van der Waals surface area contributed by atoms with Crippen LogP contribution in [0.2, 0.25) is 0 Å². The molecule has 3 N–H and O–H groups in total. The number of rotatable bonds is 2. The number of aliphatic hydroxyl groups is 1. The monoisotopic (exact) mass is 303 g/mol. The van der Waals surface area contributed by atoms with Crippen molar-refractivity contribution in [3.63, 3.8) is 0 Å². The summed E-state index contributed by atoms with van der Waals surface area (Å²) in [6.45, 7) is 1.93. The van der Waals surface area contributed by atoms with Crippen molar-refractivity contribution in [2.75, 3.05) is 13.2 Å². The van der Waals surface area contributed by atoms with Gasteiger partial charge in [-0.15, -0.1) is 0 Å². The van der Waals surface area contributed by atoms with E-state index in [0.717, 1.165) is 4.47 Å². The van der Waals surface area contributed by atoms with Crippen molar-refractivity contribution in [3.05, 3.63) is 34.1 Å². The van der Waals surface area contributed by atoms with Crippen LogP contribution in [0.4, 0.5) is 4.39 Å². The molecule has 0 aliphatic carbocycles. The van der Waals surface area contributed by atoms with Crippen molar-refractivity contribution < 1.29 is 14.2 Å². The number of benzene rings is 1. The molecule has 3 nitrogen and oxygen atoms in total. The van der Waals surface area contributed by atoms with Crippen LogP contribution in [0.1, 0.15) is 12.5 Å². The molecule has 0 bridgehead atoms. The fourth-order valence-corrected chi connectivity index (χ4v) is 2.72. The Bertz CT molecular complexity index is 429. The zero-order valence-electron chi connectivity index (χ0n) is 9.49. The molecule has 1 fully saturated rings. The van der Waals surface area contributed by atoms with Gasteiger partial charge >= 0.3 is 0 Å². The predicted molar refractivity (Wildman–Crippen MR) is 66.0 cm³/mol. The lowest BCUT2D eigenvalue weighted by atomic mass is 9.79. The standard InChI is InChI=1S/C12H15BrFNO2/c1-7-10(5-16)12(15,6-17-7)9-4-8(13)2-3-11(9)14/h2-4,7,10,16H,5-6,15H2,1H3/t7-,10-,12?/m1/s1. The van der Waals surface area contributed by atoms with Crippen LogP contribution in [0.5, 0.6) is 0 Å². The highest BCUT2D eigenvalue weighted by Crippen LogP contribution is 2.38. The minimum absolute atomic E-state index is 0.121. The summed E-state index contributed by atoms with van der Waals surface area (Å²) in [6, 6.07) is 4.64. The predicted octanol–water partition coefficient (Wildman–Crippen LogP) is 1.77. The normalized spacial score (nSPS) is 33.0. The van der Waals surface area contributed by atoms with Crippen LogP contribution in [0, 0.1) is 11.7 Å². The number of aliphatic hydroxyl groups excluding tert-OH is 1. The van der Waals surface area contributed by atoms with E-state index >= 15 is 0 Å². The molecule has 1 aliphatic heterocycles. The summed E-state index contributed by atoms with van der Waals surface area (Å²) in [5.74, 6) is -0.668. The molecule has 0 spiro atoms. The lowest BCUT2D eigenvalue weighted by molar-refractivity contribution is 0.0861. The highest BCUT2D eigenvalue weighted by molar-refractivity contribution is 9.10. The second kappa shape index (κ2) is 4.65. The molecule has 1 unspecified atom stereocenters. The summed E-state index contributed by atoms with van der Waals surface area (Å²) < 4.78 is 20.1. The van der Waals surface area contributed by atoms with E-state index in [-0.39, 0.29) is 31.1 Å². The SMILES string of the molecule is C[C@H]1OCC(N)(c2cc(Br)ccc2F)[C@@H]1CO. The summed E-state index contributed by atoms with van der Waals surface area (Å²) in [5, 5.41) is 9.40. The fraction of sp³-hybridized carbons (Fsp3) is 0.500. The maximum Gasteiger partial charge on any atom is 0.128 e. The van der Waals surface area contributed by atoms with E-state index in [2.05, 4.69) is 15.9 Å². The molecule has 2 rings (SSSR count). The molecule has 1 heterocycles. The van der Waals surface area contributed by atoms with Gasteiger partial charge in [0.15, 0.2) is 0 Å². The summed E-state index contributed by atoms with van der Waals surface area (Å²) in [5.41, 5.74) is 5.66. The fourth-order valence-electron chi connectivity index (χ4n) is 2.35. The quantitative estimate of drug-likeness (QED) is 0.875. The first-order chi connectivity index (χ1) is 7.99. The number of hydrogen-bond donors (Lipinski definition) is 2. The Balaban J connectivity index is 2.47. The molecule has 0 radical (unpaired) electrons. The summed E-state index contributed by atoms with van der Waals surface area (Å²) in [7, 11) is 0. The maximum absolute atomic E-state index is 13.9. The average molecular weight is 304 g/mol. The number of nitrogens with two attached hydrogens (primary N) is 1. The smallest absolute Gasteiger partial charge is 0.128 e. The van der Waals surface area contributed by atoms with Gasteiger partial charge in [-0.2, -0.15) is 0 Å². The van der Waals surface area contributed by atoms with Gasteiger partial charge in [0.05, 0.1) is 24.9 Å². The van der Waals surface area contributed by atoms with Gasteiger partial charge in [0.2, 0.25) is 0 Å². The van der Waals surface area contributed by atoms with E-state index in [1.807, 2.05) is 6.92 Å². The van der Waals surface area contributed by atoms with Crippen LogP contribution >= 0.6 is 15.9 Å². The Hall–Kier alpha value is -0.490. The van der Waals surface area contributed by atoms with E-state index in [1.165, 1.54) is 6.07 Å². The van der Waals surface area contributed by atoms with E-state index in [4.69, 9.17) is 10.5 Å². The number of ether oxygens (including phenoxy) is 1. The van der Waals surface area contributed by atoms with Crippen molar-refractivity contribution >= 4 is 15.9 Å². The Morgan fingerprint density at radius 3 is 3.00 bits per heavy atom. The van der Waals surface area contributed by atoms with Crippen LogP contribution in [-0.4, -0.2) is 24.4 Å². The molecule has 1 aliphatic rings. The van der Waals surface area contributed by atoms with E-state index in [9.17, 15) is 9.50 Å². The van der Waals surface area contributed by atoms with Gasteiger partial charge in [-0.25, -0.2) is 4.39 Å². The van der Waals surface area contributed by atoms with E-state index in [0.29, 0.717) is 5.56 Å². The zero-order chi connectivity index (χ0) is 12.6. The molecule has 1 aromatic carbocycles. The third-order valence-electron chi connectivity index (χ3n) is 3.44. The minimum atomic E-state index is -0.970. The average Bonchev–Trinajstić information content (AvgIpc) is 2.59. The number of hydrogen-bond acceptors (Lipinski definition) is 3. The molecule has 0 saturated carbocycles. The summed E-state index contributed by atoms with van der Waals surface area (Å²) in [6.07, 6.45) is -0.177. The lowest BCUT2D eigenvalue weighted by Gasteiger charge is -2.30. The summed E-state index contributed by atoms with van der Waals surface area (Å²) in [4.78, 5) is 0. The highest BCUT2D eigenvalue weighted by Gasteiger charge is 2.47. The van der Waals surface area contributed by atoms with Crippen molar-refractivity contribution in [1.82, 2.24) is 0 Å². The number of halogens is 2.